The summed E-state index contributed by atoms with van der Waals surface area (Å²) >= 11 is 0. The molecule has 2 saturated heterocycles. The van der Waals surface area contributed by atoms with Crippen LogP contribution < -0.4 is 5.32 Å². The molecule has 2 aliphatic rings. The Labute approximate surface area is 129 Å². The molecule has 0 aliphatic carbocycles. The first kappa shape index (κ1) is 15.0. The van der Waals surface area contributed by atoms with Crippen molar-refractivity contribution < 1.29 is 0 Å². The summed E-state index contributed by atoms with van der Waals surface area (Å²) in [4.78, 5) is 5.24. The molecule has 0 spiro atoms. The normalized spacial score (nSPS) is 25.0. The maximum Gasteiger partial charge on any atom is 0.0234 e. The Morgan fingerprint density at radius 3 is 2.43 bits per heavy atom. The SMILES string of the molecule is c1ccc(CN2CCN(CC[C@@H]3CCCCN3)CC2)cc1. The van der Waals surface area contributed by atoms with E-state index in [1.54, 1.807) is 0 Å². The Hall–Kier alpha value is -0.900. The first-order chi connectivity index (χ1) is 10.4. The van der Waals surface area contributed by atoms with E-state index in [0.29, 0.717) is 0 Å². The highest BCUT2D eigenvalue weighted by Crippen LogP contribution is 2.12. The molecule has 2 fully saturated rings. The smallest absolute Gasteiger partial charge is 0.0234 e. The summed E-state index contributed by atoms with van der Waals surface area (Å²) in [5, 5.41) is 3.66. The predicted molar refractivity (Wildman–Crippen MR) is 88.4 cm³/mol. The van der Waals surface area contributed by atoms with Gasteiger partial charge in [0, 0.05) is 38.8 Å². The number of hydrogen-bond donors (Lipinski definition) is 1. The first-order valence-electron chi connectivity index (χ1n) is 8.62. The molecule has 0 radical (unpaired) electrons. The van der Waals surface area contributed by atoms with E-state index >= 15 is 0 Å². The van der Waals surface area contributed by atoms with Gasteiger partial charge in [-0.15, -0.1) is 0 Å². The second-order valence-electron chi connectivity index (χ2n) is 6.54. The minimum Gasteiger partial charge on any atom is -0.314 e. The van der Waals surface area contributed by atoms with Gasteiger partial charge in [-0.05, 0) is 37.9 Å². The number of hydrogen-bond acceptors (Lipinski definition) is 3. The molecule has 3 nitrogen and oxygen atoms in total. The van der Waals surface area contributed by atoms with Crippen LogP contribution in [0.1, 0.15) is 31.2 Å². The zero-order valence-corrected chi connectivity index (χ0v) is 13.1. The molecule has 3 heteroatoms. The molecular formula is C18H29N3. The molecule has 0 saturated carbocycles. The van der Waals surface area contributed by atoms with Crippen LogP contribution in [0.15, 0.2) is 30.3 Å². The van der Waals surface area contributed by atoms with Gasteiger partial charge in [0.2, 0.25) is 0 Å². The van der Waals surface area contributed by atoms with Crippen LogP contribution in [-0.4, -0.2) is 55.1 Å². The van der Waals surface area contributed by atoms with Gasteiger partial charge >= 0.3 is 0 Å². The lowest BCUT2D eigenvalue weighted by Gasteiger charge is -2.35. The van der Waals surface area contributed by atoms with Gasteiger partial charge in [0.15, 0.2) is 0 Å². The Kier molecular flexibility index (Phi) is 5.67. The van der Waals surface area contributed by atoms with Crippen molar-refractivity contribution in [2.24, 2.45) is 0 Å². The molecule has 1 aromatic carbocycles. The third-order valence-corrected chi connectivity index (χ3v) is 4.92. The fourth-order valence-electron chi connectivity index (χ4n) is 3.52. The highest BCUT2D eigenvalue weighted by atomic mass is 15.3. The number of piperidine rings is 1. The minimum atomic E-state index is 0.779. The van der Waals surface area contributed by atoms with Crippen molar-refractivity contribution in [1.29, 1.82) is 0 Å². The molecule has 0 aromatic heterocycles. The molecule has 1 atom stereocenters. The zero-order valence-electron chi connectivity index (χ0n) is 13.1. The monoisotopic (exact) mass is 287 g/mol. The van der Waals surface area contributed by atoms with E-state index in [1.807, 2.05) is 0 Å². The van der Waals surface area contributed by atoms with Gasteiger partial charge in [-0.1, -0.05) is 36.8 Å². The van der Waals surface area contributed by atoms with Crippen molar-refractivity contribution in [2.75, 3.05) is 39.3 Å². The number of nitrogens with zero attached hydrogens (tertiary/aromatic N) is 2. The van der Waals surface area contributed by atoms with Crippen molar-refractivity contribution >= 4 is 0 Å². The number of rotatable bonds is 5. The quantitative estimate of drug-likeness (QED) is 0.897. The van der Waals surface area contributed by atoms with Crippen LogP contribution in [0.25, 0.3) is 0 Å². The van der Waals surface area contributed by atoms with E-state index in [0.717, 1.165) is 12.6 Å². The van der Waals surface area contributed by atoms with Gasteiger partial charge in [0.25, 0.3) is 0 Å². The summed E-state index contributed by atoms with van der Waals surface area (Å²) in [5.41, 5.74) is 1.44. The predicted octanol–water partition coefficient (Wildman–Crippen LogP) is 2.34. The lowest BCUT2D eigenvalue weighted by molar-refractivity contribution is 0.122. The Bertz CT molecular complexity index is 392. The molecule has 0 bridgehead atoms. The summed E-state index contributed by atoms with van der Waals surface area (Å²) in [6, 6.07) is 11.6. The van der Waals surface area contributed by atoms with Crippen LogP contribution in [0.4, 0.5) is 0 Å². The van der Waals surface area contributed by atoms with Gasteiger partial charge < -0.3 is 10.2 Å². The standard InChI is InChI=1S/C18H29N3/c1-2-6-17(7-3-1)16-21-14-12-20(13-15-21)11-9-18-8-4-5-10-19-18/h1-3,6-7,18-19H,4-5,8-16H2/t18-/m0/s1. The van der Waals surface area contributed by atoms with E-state index < -0.39 is 0 Å². The lowest BCUT2D eigenvalue weighted by Crippen LogP contribution is -2.47. The lowest BCUT2D eigenvalue weighted by atomic mass is 10.0. The molecule has 21 heavy (non-hydrogen) atoms. The average molecular weight is 287 g/mol. The summed E-state index contributed by atoms with van der Waals surface area (Å²) in [6.45, 7) is 8.52. The molecule has 1 N–H and O–H groups in total. The molecule has 3 rings (SSSR count). The van der Waals surface area contributed by atoms with Crippen LogP contribution in [0.3, 0.4) is 0 Å². The van der Waals surface area contributed by atoms with Crippen LogP contribution in [0.5, 0.6) is 0 Å². The number of piperazine rings is 1. The third kappa shape index (κ3) is 4.80. The van der Waals surface area contributed by atoms with Crippen LogP contribution in [0.2, 0.25) is 0 Å². The van der Waals surface area contributed by atoms with Crippen molar-refractivity contribution in [3.63, 3.8) is 0 Å². The fraction of sp³-hybridized carbons (Fsp3) is 0.667. The van der Waals surface area contributed by atoms with Crippen LogP contribution in [0, 0.1) is 0 Å². The second kappa shape index (κ2) is 7.92. The zero-order chi connectivity index (χ0) is 14.3. The number of nitrogens with one attached hydrogen (secondary N) is 1. The highest BCUT2D eigenvalue weighted by molar-refractivity contribution is 5.14. The van der Waals surface area contributed by atoms with Gasteiger partial charge in [-0.2, -0.15) is 0 Å². The maximum absolute atomic E-state index is 3.66. The van der Waals surface area contributed by atoms with E-state index in [4.69, 9.17) is 0 Å². The van der Waals surface area contributed by atoms with Crippen molar-refractivity contribution in [3.05, 3.63) is 35.9 Å². The van der Waals surface area contributed by atoms with Crippen LogP contribution >= 0.6 is 0 Å². The largest absolute Gasteiger partial charge is 0.314 e. The van der Waals surface area contributed by atoms with Crippen LogP contribution in [-0.2, 0) is 6.54 Å². The van der Waals surface area contributed by atoms with Crippen molar-refractivity contribution in [2.45, 2.75) is 38.3 Å². The Morgan fingerprint density at radius 1 is 0.952 bits per heavy atom. The van der Waals surface area contributed by atoms with Gasteiger partial charge in [0.05, 0.1) is 0 Å². The summed E-state index contributed by atoms with van der Waals surface area (Å²) in [5.74, 6) is 0. The molecular weight excluding hydrogens is 258 g/mol. The molecule has 0 unspecified atom stereocenters. The minimum absolute atomic E-state index is 0.779. The van der Waals surface area contributed by atoms with Crippen molar-refractivity contribution in [3.8, 4) is 0 Å². The van der Waals surface area contributed by atoms with Crippen molar-refractivity contribution in [1.82, 2.24) is 15.1 Å². The van der Waals surface area contributed by atoms with E-state index in [2.05, 4.69) is 45.4 Å². The maximum atomic E-state index is 3.66. The summed E-state index contributed by atoms with van der Waals surface area (Å²) in [6.07, 6.45) is 5.50. The van der Waals surface area contributed by atoms with E-state index in [-0.39, 0.29) is 0 Å². The number of benzene rings is 1. The fourth-order valence-corrected chi connectivity index (χ4v) is 3.52. The first-order valence-corrected chi connectivity index (χ1v) is 8.62. The average Bonchev–Trinajstić information content (AvgIpc) is 2.56. The van der Waals surface area contributed by atoms with E-state index in [1.165, 1.54) is 70.5 Å². The molecule has 2 aliphatic heterocycles. The summed E-state index contributed by atoms with van der Waals surface area (Å²) in [7, 11) is 0. The molecule has 116 valence electrons. The van der Waals surface area contributed by atoms with E-state index in [9.17, 15) is 0 Å². The Balaban J connectivity index is 1.35. The second-order valence-corrected chi connectivity index (χ2v) is 6.54. The Morgan fingerprint density at radius 2 is 1.71 bits per heavy atom. The third-order valence-electron chi connectivity index (χ3n) is 4.92. The summed E-state index contributed by atoms with van der Waals surface area (Å²) < 4.78 is 0. The molecule has 1 aromatic rings. The van der Waals surface area contributed by atoms with Gasteiger partial charge in [-0.25, -0.2) is 0 Å². The van der Waals surface area contributed by atoms with Gasteiger partial charge in [-0.3, -0.25) is 4.90 Å². The van der Waals surface area contributed by atoms with Gasteiger partial charge in [0.1, 0.15) is 0 Å². The molecule has 0 amide bonds. The highest BCUT2D eigenvalue weighted by Gasteiger charge is 2.19. The topological polar surface area (TPSA) is 18.5 Å². The molecule has 2 heterocycles.